The summed E-state index contributed by atoms with van der Waals surface area (Å²) >= 11 is 11.8. The Hall–Kier alpha value is -2.24. The molecule has 0 radical (unpaired) electrons. The SMILES string of the molecule is C[C@@H](Oc1ccc(Cl)cc1Cl)C(=O)OCC(=O)N[C@H](C)c1ccccc1. The van der Waals surface area contributed by atoms with Gasteiger partial charge in [0.05, 0.1) is 11.1 Å². The van der Waals surface area contributed by atoms with E-state index < -0.39 is 24.6 Å². The Kier molecular flexibility index (Phi) is 7.30. The molecule has 0 aromatic heterocycles. The second-order valence-electron chi connectivity index (χ2n) is 5.64. The monoisotopic (exact) mass is 395 g/mol. The molecule has 2 aromatic carbocycles. The largest absolute Gasteiger partial charge is 0.477 e. The molecule has 5 nitrogen and oxygen atoms in total. The molecule has 2 aromatic rings. The molecular weight excluding hydrogens is 377 g/mol. The van der Waals surface area contributed by atoms with Gasteiger partial charge >= 0.3 is 5.97 Å². The summed E-state index contributed by atoms with van der Waals surface area (Å²) in [6.07, 6.45) is -0.923. The van der Waals surface area contributed by atoms with Crippen molar-refractivity contribution in [3.8, 4) is 5.75 Å². The van der Waals surface area contributed by atoms with E-state index in [1.807, 2.05) is 37.3 Å². The summed E-state index contributed by atoms with van der Waals surface area (Å²) in [5.74, 6) is -0.757. The van der Waals surface area contributed by atoms with Crippen LogP contribution in [-0.4, -0.2) is 24.6 Å². The van der Waals surface area contributed by atoms with Gasteiger partial charge in [0.1, 0.15) is 5.75 Å². The number of nitrogens with one attached hydrogen (secondary N) is 1. The van der Waals surface area contributed by atoms with Crippen LogP contribution in [0.15, 0.2) is 48.5 Å². The molecule has 0 saturated heterocycles. The van der Waals surface area contributed by atoms with E-state index in [0.29, 0.717) is 10.8 Å². The van der Waals surface area contributed by atoms with Crippen molar-refractivity contribution in [1.82, 2.24) is 5.32 Å². The number of hydrogen-bond donors (Lipinski definition) is 1. The maximum atomic E-state index is 12.0. The van der Waals surface area contributed by atoms with E-state index in [0.717, 1.165) is 5.56 Å². The van der Waals surface area contributed by atoms with Crippen molar-refractivity contribution in [3.05, 3.63) is 64.1 Å². The molecule has 0 bridgehead atoms. The molecule has 0 aliphatic carbocycles. The maximum Gasteiger partial charge on any atom is 0.347 e. The predicted molar refractivity (Wildman–Crippen MR) is 101 cm³/mol. The van der Waals surface area contributed by atoms with Crippen LogP contribution in [0.4, 0.5) is 0 Å². The van der Waals surface area contributed by atoms with Crippen LogP contribution in [0.1, 0.15) is 25.5 Å². The van der Waals surface area contributed by atoms with Crippen molar-refractivity contribution >= 4 is 35.1 Å². The molecule has 1 amide bonds. The normalized spacial score (nSPS) is 12.8. The maximum absolute atomic E-state index is 12.0. The van der Waals surface area contributed by atoms with Crippen LogP contribution in [-0.2, 0) is 14.3 Å². The average Bonchev–Trinajstić information content (AvgIpc) is 2.62. The molecule has 0 saturated carbocycles. The van der Waals surface area contributed by atoms with Gasteiger partial charge in [-0.05, 0) is 37.6 Å². The Morgan fingerprint density at radius 2 is 1.77 bits per heavy atom. The zero-order valence-electron chi connectivity index (χ0n) is 14.4. The molecule has 2 rings (SSSR count). The van der Waals surface area contributed by atoms with E-state index in [9.17, 15) is 9.59 Å². The van der Waals surface area contributed by atoms with Crippen LogP contribution in [0, 0.1) is 0 Å². The average molecular weight is 396 g/mol. The third-order valence-corrected chi connectivity index (χ3v) is 4.08. The Morgan fingerprint density at radius 3 is 2.42 bits per heavy atom. The summed E-state index contributed by atoms with van der Waals surface area (Å²) < 4.78 is 10.4. The van der Waals surface area contributed by atoms with Gasteiger partial charge in [-0.15, -0.1) is 0 Å². The lowest BCUT2D eigenvalue weighted by Gasteiger charge is -2.16. The van der Waals surface area contributed by atoms with Crippen molar-refractivity contribution < 1.29 is 19.1 Å². The number of amides is 1. The van der Waals surface area contributed by atoms with Gasteiger partial charge in [0, 0.05) is 5.02 Å². The number of esters is 1. The zero-order chi connectivity index (χ0) is 19.1. The van der Waals surface area contributed by atoms with Gasteiger partial charge in [0.2, 0.25) is 0 Å². The van der Waals surface area contributed by atoms with Crippen LogP contribution < -0.4 is 10.1 Å². The highest BCUT2D eigenvalue weighted by Gasteiger charge is 2.19. The third-order valence-electron chi connectivity index (χ3n) is 3.55. The number of carbonyl (C=O) groups excluding carboxylic acids is 2. The molecule has 0 unspecified atom stereocenters. The minimum Gasteiger partial charge on any atom is -0.477 e. The molecule has 7 heteroatoms. The first-order valence-corrected chi connectivity index (χ1v) is 8.75. The first-order chi connectivity index (χ1) is 12.4. The summed E-state index contributed by atoms with van der Waals surface area (Å²) in [5, 5.41) is 3.51. The molecule has 0 heterocycles. The zero-order valence-corrected chi connectivity index (χ0v) is 15.9. The molecule has 26 heavy (non-hydrogen) atoms. The minimum atomic E-state index is -0.923. The van der Waals surface area contributed by atoms with Gasteiger partial charge in [0.15, 0.2) is 12.7 Å². The molecule has 0 aliphatic heterocycles. The lowest BCUT2D eigenvalue weighted by atomic mass is 10.1. The van der Waals surface area contributed by atoms with Crippen molar-refractivity contribution in [2.45, 2.75) is 26.0 Å². The molecule has 0 aliphatic rings. The van der Waals surface area contributed by atoms with Crippen molar-refractivity contribution in [2.75, 3.05) is 6.61 Å². The fourth-order valence-corrected chi connectivity index (χ4v) is 2.62. The Bertz CT molecular complexity index is 767. The summed E-state index contributed by atoms with van der Waals surface area (Å²) in [6, 6.07) is 14.0. The summed E-state index contributed by atoms with van der Waals surface area (Å²) in [4.78, 5) is 23.9. The Balaban J connectivity index is 1.80. The Morgan fingerprint density at radius 1 is 1.08 bits per heavy atom. The number of carbonyl (C=O) groups is 2. The van der Waals surface area contributed by atoms with Gasteiger partial charge in [-0.25, -0.2) is 4.79 Å². The van der Waals surface area contributed by atoms with E-state index in [-0.39, 0.29) is 11.1 Å². The summed E-state index contributed by atoms with van der Waals surface area (Å²) in [7, 11) is 0. The lowest BCUT2D eigenvalue weighted by molar-refractivity contribution is -0.154. The van der Waals surface area contributed by atoms with E-state index in [2.05, 4.69) is 5.32 Å². The van der Waals surface area contributed by atoms with Crippen LogP contribution in [0.3, 0.4) is 0 Å². The number of benzene rings is 2. The topological polar surface area (TPSA) is 64.6 Å². The molecule has 0 spiro atoms. The van der Waals surface area contributed by atoms with Gasteiger partial charge in [0.25, 0.3) is 5.91 Å². The predicted octanol–water partition coefficient (Wildman–Crippen LogP) is 4.18. The lowest BCUT2D eigenvalue weighted by Crippen LogP contribution is -2.34. The minimum absolute atomic E-state index is 0.191. The third kappa shape index (κ3) is 5.93. The second-order valence-corrected chi connectivity index (χ2v) is 6.49. The standard InChI is InChI=1S/C19H19Cl2NO4/c1-12(14-6-4-3-5-7-14)22-18(23)11-25-19(24)13(2)26-17-9-8-15(20)10-16(17)21/h3-10,12-13H,11H2,1-2H3,(H,22,23)/t12-,13-/m1/s1. The van der Waals surface area contributed by atoms with Crippen LogP contribution in [0.2, 0.25) is 10.0 Å². The van der Waals surface area contributed by atoms with Crippen molar-refractivity contribution in [3.63, 3.8) is 0 Å². The highest BCUT2D eigenvalue weighted by Crippen LogP contribution is 2.28. The quantitative estimate of drug-likeness (QED) is 0.714. The molecule has 138 valence electrons. The fourth-order valence-electron chi connectivity index (χ4n) is 2.17. The second kappa shape index (κ2) is 9.46. The van der Waals surface area contributed by atoms with E-state index in [1.165, 1.54) is 13.0 Å². The highest BCUT2D eigenvalue weighted by atomic mass is 35.5. The van der Waals surface area contributed by atoms with Gasteiger partial charge in [-0.1, -0.05) is 53.5 Å². The number of hydrogen-bond acceptors (Lipinski definition) is 4. The molecule has 0 fully saturated rings. The smallest absolute Gasteiger partial charge is 0.347 e. The fraction of sp³-hybridized carbons (Fsp3) is 0.263. The molecule has 2 atom stereocenters. The van der Waals surface area contributed by atoms with Crippen LogP contribution >= 0.6 is 23.2 Å². The Labute approximate surface area is 162 Å². The highest BCUT2D eigenvalue weighted by molar-refractivity contribution is 6.35. The van der Waals surface area contributed by atoms with Gasteiger partial charge < -0.3 is 14.8 Å². The van der Waals surface area contributed by atoms with E-state index in [4.69, 9.17) is 32.7 Å². The van der Waals surface area contributed by atoms with E-state index >= 15 is 0 Å². The first-order valence-electron chi connectivity index (χ1n) is 7.99. The van der Waals surface area contributed by atoms with Crippen molar-refractivity contribution in [1.29, 1.82) is 0 Å². The number of halogens is 2. The first kappa shape index (κ1) is 20.1. The van der Waals surface area contributed by atoms with Crippen LogP contribution in [0.5, 0.6) is 5.75 Å². The summed E-state index contributed by atoms with van der Waals surface area (Å²) in [5.41, 5.74) is 0.959. The summed E-state index contributed by atoms with van der Waals surface area (Å²) in [6.45, 7) is 2.97. The number of rotatable bonds is 7. The van der Waals surface area contributed by atoms with Crippen LogP contribution in [0.25, 0.3) is 0 Å². The molecular formula is C19H19Cl2NO4. The van der Waals surface area contributed by atoms with E-state index in [1.54, 1.807) is 12.1 Å². The number of ether oxygens (including phenoxy) is 2. The van der Waals surface area contributed by atoms with Gasteiger partial charge in [-0.3, -0.25) is 4.79 Å². The van der Waals surface area contributed by atoms with Crippen molar-refractivity contribution in [2.24, 2.45) is 0 Å². The van der Waals surface area contributed by atoms with Gasteiger partial charge in [-0.2, -0.15) is 0 Å². The molecule has 1 N–H and O–H groups in total.